The highest BCUT2D eigenvalue weighted by Gasteiger charge is 2.05. The Morgan fingerprint density at radius 1 is 1.29 bits per heavy atom. The van der Waals surface area contributed by atoms with Crippen LogP contribution in [0.25, 0.3) is 0 Å². The molecule has 4 heteroatoms. The molecule has 4 nitrogen and oxygen atoms in total. The Balaban J connectivity index is 3.01. The maximum absolute atomic E-state index is 4.40. The molecule has 0 fully saturated rings. The third-order valence-electron chi connectivity index (χ3n) is 2.15. The van der Waals surface area contributed by atoms with Gasteiger partial charge in [-0.2, -0.15) is 4.98 Å². The van der Waals surface area contributed by atoms with Crippen LogP contribution in [0.3, 0.4) is 0 Å². The standard InChI is InChI=1S/C10H18N4/c1-5-14(6-2)9-7-8(3)12-10(11-4)13-9/h7H,5-6H2,1-4H3,(H,11,12,13). The smallest absolute Gasteiger partial charge is 0.224 e. The molecule has 0 unspecified atom stereocenters. The number of aryl methyl sites for hydroxylation is 1. The lowest BCUT2D eigenvalue weighted by atomic mass is 10.4. The first-order valence-corrected chi connectivity index (χ1v) is 4.99. The second-order valence-electron chi connectivity index (χ2n) is 3.11. The molecule has 0 atom stereocenters. The van der Waals surface area contributed by atoms with Gasteiger partial charge in [0.05, 0.1) is 0 Å². The molecule has 0 bridgehead atoms. The van der Waals surface area contributed by atoms with Gasteiger partial charge in [-0.15, -0.1) is 0 Å². The molecule has 0 aliphatic rings. The first-order valence-electron chi connectivity index (χ1n) is 4.99. The Hall–Kier alpha value is -1.32. The number of anilines is 2. The van der Waals surface area contributed by atoms with E-state index in [4.69, 9.17) is 0 Å². The zero-order chi connectivity index (χ0) is 10.6. The van der Waals surface area contributed by atoms with Gasteiger partial charge in [-0.25, -0.2) is 4.98 Å². The Morgan fingerprint density at radius 2 is 1.93 bits per heavy atom. The number of hydrogen-bond donors (Lipinski definition) is 1. The van der Waals surface area contributed by atoms with Gasteiger partial charge in [-0.1, -0.05) is 0 Å². The van der Waals surface area contributed by atoms with Crippen LogP contribution < -0.4 is 10.2 Å². The molecule has 14 heavy (non-hydrogen) atoms. The van der Waals surface area contributed by atoms with Crippen LogP contribution in [0.5, 0.6) is 0 Å². The van der Waals surface area contributed by atoms with Gasteiger partial charge in [-0.05, 0) is 20.8 Å². The van der Waals surface area contributed by atoms with E-state index < -0.39 is 0 Å². The van der Waals surface area contributed by atoms with Crippen molar-refractivity contribution < 1.29 is 0 Å². The van der Waals surface area contributed by atoms with Crippen molar-refractivity contribution in [2.24, 2.45) is 0 Å². The number of nitrogens with one attached hydrogen (secondary N) is 1. The molecule has 0 aromatic carbocycles. The molecule has 0 saturated carbocycles. The van der Waals surface area contributed by atoms with E-state index in [1.807, 2.05) is 20.0 Å². The van der Waals surface area contributed by atoms with Crippen LogP contribution in [-0.2, 0) is 0 Å². The fourth-order valence-corrected chi connectivity index (χ4v) is 1.37. The fourth-order valence-electron chi connectivity index (χ4n) is 1.37. The average molecular weight is 194 g/mol. The quantitative estimate of drug-likeness (QED) is 0.791. The highest BCUT2D eigenvalue weighted by Crippen LogP contribution is 2.13. The molecule has 1 aromatic heterocycles. The zero-order valence-corrected chi connectivity index (χ0v) is 9.33. The number of aromatic nitrogens is 2. The van der Waals surface area contributed by atoms with E-state index in [1.165, 1.54) is 0 Å². The summed E-state index contributed by atoms with van der Waals surface area (Å²) in [5, 5.41) is 2.96. The predicted octanol–water partition coefficient (Wildman–Crippen LogP) is 1.67. The maximum atomic E-state index is 4.40. The van der Waals surface area contributed by atoms with Crippen LogP contribution >= 0.6 is 0 Å². The Morgan fingerprint density at radius 3 is 2.43 bits per heavy atom. The highest BCUT2D eigenvalue weighted by molar-refractivity contribution is 5.44. The van der Waals surface area contributed by atoms with Gasteiger partial charge in [-0.3, -0.25) is 0 Å². The summed E-state index contributed by atoms with van der Waals surface area (Å²) in [5.41, 5.74) is 0.992. The Bertz CT molecular complexity index is 294. The van der Waals surface area contributed by atoms with Gasteiger partial charge in [0.1, 0.15) is 5.82 Å². The molecule has 1 aromatic rings. The van der Waals surface area contributed by atoms with Crippen LogP contribution in [0.4, 0.5) is 11.8 Å². The minimum atomic E-state index is 0.687. The maximum Gasteiger partial charge on any atom is 0.224 e. The molecule has 0 saturated heterocycles. The van der Waals surface area contributed by atoms with Crippen molar-refractivity contribution in [3.05, 3.63) is 11.8 Å². The lowest BCUT2D eigenvalue weighted by molar-refractivity contribution is 0.840. The third kappa shape index (κ3) is 2.34. The number of rotatable bonds is 4. The lowest BCUT2D eigenvalue weighted by Gasteiger charge is -2.20. The van der Waals surface area contributed by atoms with Crippen molar-refractivity contribution in [3.8, 4) is 0 Å². The summed E-state index contributed by atoms with van der Waals surface area (Å²) in [6, 6.07) is 2.01. The van der Waals surface area contributed by atoms with Gasteiger partial charge >= 0.3 is 0 Å². The topological polar surface area (TPSA) is 41.1 Å². The van der Waals surface area contributed by atoms with Crippen molar-refractivity contribution in [1.29, 1.82) is 0 Å². The molecule has 0 amide bonds. The predicted molar refractivity (Wildman–Crippen MR) is 59.9 cm³/mol. The summed E-state index contributed by atoms with van der Waals surface area (Å²) >= 11 is 0. The van der Waals surface area contributed by atoms with Gasteiger partial charge in [0.15, 0.2) is 0 Å². The van der Waals surface area contributed by atoms with Crippen molar-refractivity contribution in [2.45, 2.75) is 20.8 Å². The molecule has 78 valence electrons. The van der Waals surface area contributed by atoms with E-state index in [1.54, 1.807) is 0 Å². The third-order valence-corrected chi connectivity index (χ3v) is 2.15. The van der Waals surface area contributed by atoms with Gasteiger partial charge in [0, 0.05) is 31.9 Å². The molecule has 1 rings (SSSR count). The van der Waals surface area contributed by atoms with Crippen LogP contribution in [0.2, 0.25) is 0 Å². The second kappa shape index (κ2) is 4.79. The summed E-state index contributed by atoms with van der Waals surface area (Å²) in [6.45, 7) is 8.17. The number of nitrogens with zero attached hydrogens (tertiary/aromatic N) is 3. The molecule has 0 radical (unpaired) electrons. The highest BCUT2D eigenvalue weighted by atomic mass is 15.2. The monoisotopic (exact) mass is 194 g/mol. The minimum Gasteiger partial charge on any atom is -0.357 e. The van der Waals surface area contributed by atoms with Crippen molar-refractivity contribution in [3.63, 3.8) is 0 Å². The van der Waals surface area contributed by atoms with Gasteiger partial charge in [0.25, 0.3) is 0 Å². The summed E-state index contributed by atoms with van der Waals surface area (Å²) in [4.78, 5) is 10.9. The van der Waals surface area contributed by atoms with Gasteiger partial charge in [0.2, 0.25) is 5.95 Å². The number of hydrogen-bond acceptors (Lipinski definition) is 4. The SMILES string of the molecule is CCN(CC)c1cc(C)nc(NC)n1. The van der Waals surface area contributed by atoms with E-state index in [-0.39, 0.29) is 0 Å². The molecule has 0 aliphatic heterocycles. The normalized spacial score (nSPS) is 10.0. The Labute approximate surface area is 85.4 Å². The van der Waals surface area contributed by atoms with Crippen LogP contribution in [0, 0.1) is 6.92 Å². The molecule has 0 aliphatic carbocycles. The van der Waals surface area contributed by atoms with Crippen molar-refractivity contribution >= 4 is 11.8 Å². The Kier molecular flexibility index (Phi) is 3.68. The van der Waals surface area contributed by atoms with E-state index in [0.717, 1.165) is 24.6 Å². The second-order valence-corrected chi connectivity index (χ2v) is 3.11. The van der Waals surface area contributed by atoms with Crippen LogP contribution in [-0.4, -0.2) is 30.1 Å². The first kappa shape index (κ1) is 10.8. The van der Waals surface area contributed by atoms with Crippen molar-refractivity contribution in [1.82, 2.24) is 9.97 Å². The molecular weight excluding hydrogens is 176 g/mol. The van der Waals surface area contributed by atoms with E-state index in [9.17, 15) is 0 Å². The molecule has 0 spiro atoms. The fraction of sp³-hybridized carbons (Fsp3) is 0.600. The summed E-state index contributed by atoms with van der Waals surface area (Å²) < 4.78 is 0. The first-order chi connectivity index (χ1) is 6.71. The zero-order valence-electron chi connectivity index (χ0n) is 9.33. The minimum absolute atomic E-state index is 0.687. The summed E-state index contributed by atoms with van der Waals surface area (Å²) in [7, 11) is 1.83. The van der Waals surface area contributed by atoms with Crippen LogP contribution in [0.1, 0.15) is 19.5 Å². The summed E-state index contributed by atoms with van der Waals surface area (Å²) in [6.07, 6.45) is 0. The van der Waals surface area contributed by atoms with E-state index in [2.05, 4.69) is 34.0 Å². The van der Waals surface area contributed by atoms with Crippen molar-refractivity contribution in [2.75, 3.05) is 30.4 Å². The van der Waals surface area contributed by atoms with Gasteiger partial charge < -0.3 is 10.2 Å². The lowest BCUT2D eigenvalue weighted by Crippen LogP contribution is -2.23. The molecule has 1 heterocycles. The average Bonchev–Trinajstić information content (AvgIpc) is 2.19. The van der Waals surface area contributed by atoms with Crippen LogP contribution in [0.15, 0.2) is 6.07 Å². The molecular formula is C10H18N4. The summed E-state index contributed by atoms with van der Waals surface area (Å²) in [5.74, 6) is 1.68. The molecule has 1 N–H and O–H groups in total. The largest absolute Gasteiger partial charge is 0.357 e. The van der Waals surface area contributed by atoms with E-state index >= 15 is 0 Å². The van der Waals surface area contributed by atoms with E-state index in [0.29, 0.717) is 5.95 Å².